The highest BCUT2D eigenvalue weighted by atomic mass is 32.2. The lowest BCUT2D eigenvalue weighted by molar-refractivity contribution is -0.153. The number of carbonyl (C=O) groups excluding carboxylic acids is 1. The number of hydrogen-bond acceptors (Lipinski definition) is 7. The Morgan fingerprint density at radius 1 is 1.39 bits per heavy atom. The number of rotatable bonds is 7. The van der Waals surface area contributed by atoms with E-state index in [4.69, 9.17) is 0 Å². The number of halogens is 3. The van der Waals surface area contributed by atoms with Gasteiger partial charge >= 0.3 is 12.3 Å². The molecule has 8 nitrogen and oxygen atoms in total. The van der Waals surface area contributed by atoms with Gasteiger partial charge in [0.15, 0.2) is 18.2 Å². The molecule has 0 aliphatic heterocycles. The van der Waals surface area contributed by atoms with Crippen LogP contribution in [0.2, 0.25) is 0 Å². The average molecular weight is 357 g/mol. The van der Waals surface area contributed by atoms with E-state index in [0.29, 0.717) is 0 Å². The van der Waals surface area contributed by atoms with Crippen molar-refractivity contribution in [1.29, 1.82) is 0 Å². The van der Waals surface area contributed by atoms with E-state index in [-0.39, 0.29) is 18.2 Å². The number of nitrogens with one attached hydrogen (secondary N) is 2. The summed E-state index contributed by atoms with van der Waals surface area (Å²) >= 11 is 0. The maximum absolute atomic E-state index is 12.1. The van der Waals surface area contributed by atoms with Crippen LogP contribution in [-0.4, -0.2) is 44.8 Å². The van der Waals surface area contributed by atoms with Gasteiger partial charge in [-0.15, -0.1) is 0 Å². The molecule has 1 rings (SSSR count). The van der Waals surface area contributed by atoms with Crippen LogP contribution in [0, 0.1) is 0 Å². The molecule has 23 heavy (non-hydrogen) atoms. The van der Waals surface area contributed by atoms with Gasteiger partial charge in [0, 0.05) is 6.20 Å². The van der Waals surface area contributed by atoms with Gasteiger partial charge in [0.05, 0.1) is 6.61 Å². The lowest BCUT2D eigenvalue weighted by Crippen LogP contribution is -2.35. The molecule has 0 saturated carbocycles. The minimum absolute atomic E-state index is 0.0234. The molecule has 0 radical (unpaired) electrons. The molecule has 0 atom stereocenters. The number of sulfonamides is 1. The van der Waals surface area contributed by atoms with Crippen LogP contribution in [0.3, 0.4) is 0 Å². The summed E-state index contributed by atoms with van der Waals surface area (Å²) in [5.74, 6) is -1.31. The fourth-order valence-electron chi connectivity index (χ4n) is 1.29. The number of alkyl halides is 3. The summed E-state index contributed by atoms with van der Waals surface area (Å²) in [6.07, 6.45) is -4.48. The van der Waals surface area contributed by atoms with Gasteiger partial charge in [0.25, 0.3) is 10.0 Å². The first-order chi connectivity index (χ1) is 10.6. The summed E-state index contributed by atoms with van der Waals surface area (Å²) in [7, 11) is -4.11. The Labute approximate surface area is 130 Å². The van der Waals surface area contributed by atoms with E-state index in [1.807, 2.05) is 0 Å². The summed E-state index contributed by atoms with van der Waals surface area (Å²) in [6, 6.07) is 2.51. The zero-order chi connectivity index (χ0) is 17.5. The second-order valence-electron chi connectivity index (χ2n) is 4.01. The number of hydrogen-bond donors (Lipinski definition) is 2. The van der Waals surface area contributed by atoms with Gasteiger partial charge in [-0.3, -0.25) is 0 Å². The number of ether oxygens (including phenoxy) is 2. The molecule has 0 aromatic carbocycles. The summed E-state index contributed by atoms with van der Waals surface area (Å²) in [4.78, 5) is 14.7. The van der Waals surface area contributed by atoms with E-state index in [1.54, 1.807) is 4.72 Å². The SMILES string of the molecule is CCOC(=O)NS(=O)(=O)CNc1ncccc1OCC(F)(F)F. The largest absolute Gasteiger partial charge is 0.480 e. The molecule has 0 unspecified atom stereocenters. The van der Waals surface area contributed by atoms with Crippen molar-refractivity contribution in [3.63, 3.8) is 0 Å². The van der Waals surface area contributed by atoms with Crippen LogP contribution in [0.15, 0.2) is 18.3 Å². The van der Waals surface area contributed by atoms with Crippen molar-refractivity contribution in [2.45, 2.75) is 13.1 Å². The summed E-state index contributed by atoms with van der Waals surface area (Å²) in [6.45, 7) is -0.0890. The van der Waals surface area contributed by atoms with Crippen molar-refractivity contribution in [2.24, 2.45) is 0 Å². The van der Waals surface area contributed by atoms with E-state index in [0.717, 1.165) is 0 Å². The normalized spacial score (nSPS) is 11.7. The molecule has 2 N–H and O–H groups in total. The zero-order valence-corrected chi connectivity index (χ0v) is 12.7. The molecule has 0 spiro atoms. The Morgan fingerprint density at radius 2 is 2.09 bits per heavy atom. The maximum atomic E-state index is 12.1. The van der Waals surface area contributed by atoms with Gasteiger partial charge in [-0.25, -0.2) is 22.9 Å². The molecule has 0 bridgehead atoms. The number of carbonyl (C=O) groups is 1. The second-order valence-corrected chi connectivity index (χ2v) is 5.73. The first-order valence-electron chi connectivity index (χ1n) is 6.18. The standard InChI is InChI=1S/C11H14F3N3O5S/c1-2-21-10(18)17-23(19,20)7-16-9-8(4-3-5-15-9)22-6-11(12,13)14/h3-5H,2,6-7H2,1H3,(H,15,16)(H,17,18). The van der Waals surface area contributed by atoms with Crippen LogP contribution < -0.4 is 14.8 Å². The second kappa shape index (κ2) is 7.85. The number of amides is 1. The molecule has 0 aliphatic rings. The van der Waals surface area contributed by atoms with Crippen LogP contribution in [0.25, 0.3) is 0 Å². The lowest BCUT2D eigenvalue weighted by atomic mass is 10.4. The molecule has 1 aromatic rings. The van der Waals surface area contributed by atoms with Crippen molar-refractivity contribution in [3.05, 3.63) is 18.3 Å². The molecule has 1 amide bonds. The van der Waals surface area contributed by atoms with Crippen molar-refractivity contribution in [2.75, 3.05) is 24.4 Å². The highest BCUT2D eigenvalue weighted by molar-refractivity contribution is 7.90. The predicted octanol–water partition coefficient (Wildman–Crippen LogP) is 1.47. The van der Waals surface area contributed by atoms with Crippen LogP contribution in [-0.2, 0) is 14.8 Å². The molecule has 1 aromatic heterocycles. The summed E-state index contributed by atoms with van der Waals surface area (Å²) < 4.78 is 70.2. The lowest BCUT2D eigenvalue weighted by Gasteiger charge is -2.13. The highest BCUT2D eigenvalue weighted by Gasteiger charge is 2.29. The van der Waals surface area contributed by atoms with Crippen LogP contribution in [0.1, 0.15) is 6.92 Å². The molecule has 12 heteroatoms. The fraction of sp³-hybridized carbons (Fsp3) is 0.455. The van der Waals surface area contributed by atoms with Crippen molar-refractivity contribution in [3.8, 4) is 5.75 Å². The minimum atomic E-state index is -4.55. The molecule has 0 saturated heterocycles. The first kappa shape index (κ1) is 18.8. The minimum Gasteiger partial charge on any atom is -0.480 e. The third-order valence-corrected chi connectivity index (χ3v) is 3.11. The predicted molar refractivity (Wildman–Crippen MR) is 73.4 cm³/mol. The van der Waals surface area contributed by atoms with Crippen molar-refractivity contribution >= 4 is 21.9 Å². The van der Waals surface area contributed by atoms with Gasteiger partial charge in [0.1, 0.15) is 5.88 Å². The first-order valence-corrected chi connectivity index (χ1v) is 7.84. The van der Waals surface area contributed by atoms with E-state index >= 15 is 0 Å². The van der Waals surface area contributed by atoms with E-state index < -0.39 is 34.8 Å². The smallest absolute Gasteiger partial charge is 0.422 e. The maximum Gasteiger partial charge on any atom is 0.422 e. The van der Waals surface area contributed by atoms with E-state index in [1.165, 1.54) is 25.3 Å². The quantitative estimate of drug-likeness (QED) is 0.761. The Bertz CT molecular complexity index is 636. The Hall–Kier alpha value is -2.24. The summed E-state index contributed by atoms with van der Waals surface area (Å²) in [5, 5.41) is 2.28. The number of aromatic nitrogens is 1. The average Bonchev–Trinajstić information content (AvgIpc) is 2.42. The van der Waals surface area contributed by atoms with Crippen molar-refractivity contribution in [1.82, 2.24) is 9.71 Å². The van der Waals surface area contributed by atoms with Gasteiger partial charge in [0.2, 0.25) is 0 Å². The summed E-state index contributed by atoms with van der Waals surface area (Å²) in [5.41, 5.74) is 0. The Kier molecular flexibility index (Phi) is 6.42. The third kappa shape index (κ3) is 7.54. The van der Waals surface area contributed by atoms with Gasteiger partial charge in [-0.2, -0.15) is 13.2 Å². The van der Waals surface area contributed by atoms with Crippen LogP contribution in [0.5, 0.6) is 5.75 Å². The van der Waals surface area contributed by atoms with Crippen LogP contribution in [0.4, 0.5) is 23.8 Å². The van der Waals surface area contributed by atoms with Gasteiger partial charge < -0.3 is 14.8 Å². The molecule has 0 fully saturated rings. The fourth-order valence-corrected chi connectivity index (χ4v) is 2.00. The number of pyridine rings is 1. The van der Waals surface area contributed by atoms with E-state index in [2.05, 4.69) is 19.8 Å². The zero-order valence-electron chi connectivity index (χ0n) is 11.9. The van der Waals surface area contributed by atoms with Gasteiger partial charge in [-0.1, -0.05) is 0 Å². The molecular weight excluding hydrogens is 343 g/mol. The molecule has 1 heterocycles. The monoisotopic (exact) mass is 357 g/mol. The number of anilines is 1. The number of nitrogens with zero attached hydrogens (tertiary/aromatic N) is 1. The molecule has 0 aliphatic carbocycles. The van der Waals surface area contributed by atoms with Gasteiger partial charge in [-0.05, 0) is 19.1 Å². The van der Waals surface area contributed by atoms with Crippen LogP contribution >= 0.6 is 0 Å². The molecular formula is C11H14F3N3O5S. The van der Waals surface area contributed by atoms with E-state index in [9.17, 15) is 26.4 Å². The van der Waals surface area contributed by atoms with Crippen molar-refractivity contribution < 1.29 is 35.9 Å². The third-order valence-electron chi connectivity index (χ3n) is 2.11. The Balaban J connectivity index is 2.69. The topological polar surface area (TPSA) is 107 Å². The molecule has 130 valence electrons. The Morgan fingerprint density at radius 3 is 2.70 bits per heavy atom. The highest BCUT2D eigenvalue weighted by Crippen LogP contribution is 2.24.